The fourth-order valence-electron chi connectivity index (χ4n) is 1.96. The Bertz CT molecular complexity index is 278. The first-order valence-electron chi connectivity index (χ1n) is 7.29. The van der Waals surface area contributed by atoms with E-state index in [1.165, 1.54) is 25.7 Å². The van der Waals surface area contributed by atoms with Crippen LogP contribution in [0.15, 0.2) is 5.16 Å². The highest BCUT2D eigenvalue weighted by Gasteiger charge is 2.20. The third kappa shape index (κ3) is 8.46. The van der Waals surface area contributed by atoms with E-state index >= 15 is 0 Å². The molecule has 112 valence electrons. The van der Waals surface area contributed by atoms with Gasteiger partial charge in [-0.15, -0.1) is 0 Å². The molecule has 0 aromatic heterocycles. The third-order valence-electron chi connectivity index (χ3n) is 3.17. The van der Waals surface area contributed by atoms with Crippen molar-refractivity contribution in [2.24, 2.45) is 16.8 Å². The summed E-state index contributed by atoms with van der Waals surface area (Å²) in [7, 11) is 0. The van der Waals surface area contributed by atoms with Crippen LogP contribution in [-0.2, 0) is 4.79 Å². The predicted octanol–water partition coefficient (Wildman–Crippen LogP) is 2.62. The van der Waals surface area contributed by atoms with Crippen LogP contribution in [0.1, 0.15) is 65.7 Å². The number of rotatable bonds is 10. The van der Waals surface area contributed by atoms with Gasteiger partial charge in [0.1, 0.15) is 0 Å². The maximum Gasteiger partial charge on any atom is 0.220 e. The molecule has 0 radical (unpaired) electrons. The number of carbonyl (C=O) groups is 1. The van der Waals surface area contributed by atoms with Crippen molar-refractivity contribution < 1.29 is 10.0 Å². The zero-order chi connectivity index (χ0) is 14.7. The summed E-state index contributed by atoms with van der Waals surface area (Å²) in [4.78, 5) is 11.8. The highest BCUT2D eigenvalue weighted by Crippen LogP contribution is 2.08. The van der Waals surface area contributed by atoms with E-state index in [2.05, 4.69) is 17.4 Å². The third-order valence-corrected chi connectivity index (χ3v) is 3.17. The van der Waals surface area contributed by atoms with Gasteiger partial charge in [0.15, 0.2) is 5.84 Å². The van der Waals surface area contributed by atoms with Crippen molar-refractivity contribution in [3.05, 3.63) is 0 Å². The minimum Gasteiger partial charge on any atom is -0.409 e. The molecule has 0 fully saturated rings. The minimum absolute atomic E-state index is 0.0270. The molecule has 5 nitrogen and oxygen atoms in total. The fourth-order valence-corrected chi connectivity index (χ4v) is 1.96. The summed E-state index contributed by atoms with van der Waals surface area (Å²) in [6, 6.07) is -0.391. The predicted molar refractivity (Wildman–Crippen MR) is 78.2 cm³/mol. The van der Waals surface area contributed by atoms with Gasteiger partial charge >= 0.3 is 0 Å². The van der Waals surface area contributed by atoms with Gasteiger partial charge in [-0.05, 0) is 12.3 Å². The van der Waals surface area contributed by atoms with Crippen molar-refractivity contribution in [2.75, 3.05) is 0 Å². The quantitative estimate of drug-likeness (QED) is 0.188. The largest absolute Gasteiger partial charge is 0.409 e. The van der Waals surface area contributed by atoms with Gasteiger partial charge in [-0.1, -0.05) is 58.0 Å². The van der Waals surface area contributed by atoms with Crippen LogP contribution in [0.4, 0.5) is 0 Å². The number of nitrogens with two attached hydrogens (primary N) is 1. The minimum atomic E-state index is -0.391. The van der Waals surface area contributed by atoms with Crippen LogP contribution < -0.4 is 11.1 Å². The first kappa shape index (κ1) is 17.7. The zero-order valence-corrected chi connectivity index (χ0v) is 12.5. The van der Waals surface area contributed by atoms with Crippen molar-refractivity contribution in [1.82, 2.24) is 5.32 Å². The Morgan fingerprint density at radius 2 is 1.79 bits per heavy atom. The van der Waals surface area contributed by atoms with Crippen LogP contribution in [0.2, 0.25) is 0 Å². The van der Waals surface area contributed by atoms with Gasteiger partial charge in [0.25, 0.3) is 0 Å². The number of amides is 1. The molecule has 1 atom stereocenters. The molecule has 0 aliphatic heterocycles. The van der Waals surface area contributed by atoms with Crippen LogP contribution in [0.3, 0.4) is 0 Å². The maximum atomic E-state index is 11.8. The van der Waals surface area contributed by atoms with Gasteiger partial charge in [-0.3, -0.25) is 4.79 Å². The van der Waals surface area contributed by atoms with Crippen molar-refractivity contribution in [3.8, 4) is 0 Å². The summed E-state index contributed by atoms with van der Waals surface area (Å²) < 4.78 is 0. The summed E-state index contributed by atoms with van der Waals surface area (Å²) in [5.74, 6) is 0.136. The highest BCUT2D eigenvalue weighted by atomic mass is 16.4. The summed E-state index contributed by atoms with van der Waals surface area (Å²) in [5.41, 5.74) is 5.56. The summed E-state index contributed by atoms with van der Waals surface area (Å²) >= 11 is 0. The van der Waals surface area contributed by atoms with Gasteiger partial charge in [0.2, 0.25) is 5.91 Å². The molecule has 0 heterocycles. The van der Waals surface area contributed by atoms with Gasteiger partial charge in [-0.2, -0.15) is 0 Å². The molecule has 1 unspecified atom stereocenters. The molecule has 0 bridgehead atoms. The molecule has 0 saturated heterocycles. The molecule has 0 aromatic carbocycles. The molecule has 19 heavy (non-hydrogen) atoms. The van der Waals surface area contributed by atoms with E-state index in [9.17, 15) is 4.79 Å². The number of carbonyl (C=O) groups excluding carboxylic acids is 1. The molecule has 0 aliphatic carbocycles. The second kappa shape index (κ2) is 10.6. The first-order chi connectivity index (χ1) is 9.02. The van der Waals surface area contributed by atoms with Gasteiger partial charge < -0.3 is 16.3 Å². The van der Waals surface area contributed by atoms with Crippen LogP contribution in [0, 0.1) is 5.92 Å². The topological polar surface area (TPSA) is 87.7 Å². The van der Waals surface area contributed by atoms with E-state index in [0.717, 1.165) is 12.8 Å². The lowest BCUT2D eigenvalue weighted by molar-refractivity contribution is -0.121. The SMILES string of the molecule is CCCCCCCCC(=O)NC(C(N)=NO)C(C)C. The van der Waals surface area contributed by atoms with E-state index in [-0.39, 0.29) is 17.7 Å². The van der Waals surface area contributed by atoms with Crippen LogP contribution in [-0.4, -0.2) is 23.0 Å². The van der Waals surface area contributed by atoms with Crippen LogP contribution in [0.25, 0.3) is 0 Å². The van der Waals surface area contributed by atoms with Gasteiger partial charge in [0, 0.05) is 6.42 Å². The second-order valence-electron chi connectivity index (χ2n) is 5.33. The molecule has 4 N–H and O–H groups in total. The smallest absolute Gasteiger partial charge is 0.220 e. The van der Waals surface area contributed by atoms with E-state index in [1.54, 1.807) is 0 Å². The van der Waals surface area contributed by atoms with E-state index < -0.39 is 6.04 Å². The maximum absolute atomic E-state index is 11.8. The average molecular weight is 271 g/mol. The lowest BCUT2D eigenvalue weighted by Gasteiger charge is -2.20. The summed E-state index contributed by atoms with van der Waals surface area (Å²) in [6.07, 6.45) is 7.43. The van der Waals surface area contributed by atoms with Gasteiger partial charge in [-0.25, -0.2) is 0 Å². The molecule has 0 spiro atoms. The lowest BCUT2D eigenvalue weighted by atomic mass is 10.0. The number of oxime groups is 1. The fraction of sp³-hybridized carbons (Fsp3) is 0.857. The summed E-state index contributed by atoms with van der Waals surface area (Å²) in [5, 5.41) is 14.5. The Morgan fingerprint density at radius 1 is 1.21 bits per heavy atom. The number of hydrogen-bond donors (Lipinski definition) is 3. The normalized spacial score (nSPS) is 13.6. The number of amidine groups is 1. The first-order valence-corrected chi connectivity index (χ1v) is 7.29. The van der Waals surface area contributed by atoms with Crippen LogP contribution in [0.5, 0.6) is 0 Å². The van der Waals surface area contributed by atoms with Crippen molar-refractivity contribution >= 4 is 11.7 Å². The second-order valence-corrected chi connectivity index (χ2v) is 5.33. The monoisotopic (exact) mass is 271 g/mol. The number of unbranched alkanes of at least 4 members (excludes halogenated alkanes) is 5. The Kier molecular flexibility index (Phi) is 9.94. The Labute approximate surface area is 116 Å². The van der Waals surface area contributed by atoms with E-state index in [0.29, 0.717) is 6.42 Å². The highest BCUT2D eigenvalue weighted by molar-refractivity contribution is 5.90. The Balaban J connectivity index is 3.88. The Morgan fingerprint density at radius 3 is 2.32 bits per heavy atom. The summed E-state index contributed by atoms with van der Waals surface area (Å²) in [6.45, 7) is 6.04. The lowest BCUT2D eigenvalue weighted by Crippen LogP contribution is -2.47. The van der Waals surface area contributed by atoms with Crippen LogP contribution >= 0.6 is 0 Å². The van der Waals surface area contributed by atoms with E-state index in [4.69, 9.17) is 10.9 Å². The van der Waals surface area contributed by atoms with Crippen molar-refractivity contribution in [2.45, 2.75) is 71.8 Å². The molecule has 0 rings (SSSR count). The molecule has 5 heteroatoms. The molecule has 0 saturated carbocycles. The Hall–Kier alpha value is -1.26. The molecule has 0 aromatic rings. The molecular weight excluding hydrogens is 242 g/mol. The van der Waals surface area contributed by atoms with Crippen molar-refractivity contribution in [3.63, 3.8) is 0 Å². The standard InChI is InChI=1S/C14H29N3O2/c1-4-5-6-7-8-9-10-12(18)16-13(11(2)3)14(15)17-19/h11,13,19H,4-10H2,1-3H3,(H2,15,17)(H,16,18). The van der Waals surface area contributed by atoms with E-state index in [1.807, 2.05) is 13.8 Å². The molecular formula is C14H29N3O2. The number of hydrogen-bond acceptors (Lipinski definition) is 3. The zero-order valence-electron chi connectivity index (χ0n) is 12.5. The molecule has 0 aliphatic rings. The van der Waals surface area contributed by atoms with Gasteiger partial charge in [0.05, 0.1) is 6.04 Å². The molecule has 1 amide bonds. The average Bonchev–Trinajstić information content (AvgIpc) is 2.38. The number of nitrogens with one attached hydrogen (secondary N) is 1. The number of nitrogens with zero attached hydrogens (tertiary/aromatic N) is 1. The van der Waals surface area contributed by atoms with Crippen molar-refractivity contribution in [1.29, 1.82) is 0 Å².